The second-order valence-electron chi connectivity index (χ2n) is 7.77. The van der Waals surface area contributed by atoms with Gasteiger partial charge in [-0.3, -0.25) is 0 Å². The monoisotopic (exact) mass is 398 g/mol. The van der Waals surface area contributed by atoms with Crippen molar-refractivity contribution in [3.8, 4) is 0 Å². The van der Waals surface area contributed by atoms with Crippen molar-refractivity contribution in [2.75, 3.05) is 13.2 Å². The van der Waals surface area contributed by atoms with Crippen LogP contribution in [0.15, 0.2) is 60.7 Å². The van der Waals surface area contributed by atoms with Gasteiger partial charge in [-0.15, -0.1) is 0 Å². The molecule has 2 aromatic carbocycles. The maximum absolute atomic E-state index is 12.3. The normalized spacial score (nSPS) is 27.5. The number of hydrogen-bond acceptors (Lipinski definition) is 6. The summed E-state index contributed by atoms with van der Waals surface area (Å²) in [5.41, 5.74) is 1.61. The highest BCUT2D eigenvalue weighted by Crippen LogP contribution is 2.41. The first kappa shape index (κ1) is 20.0. The van der Waals surface area contributed by atoms with Crippen molar-refractivity contribution in [3.05, 3.63) is 71.8 Å². The minimum absolute atomic E-state index is 0.103. The van der Waals surface area contributed by atoms with Crippen LogP contribution in [0.5, 0.6) is 0 Å². The van der Waals surface area contributed by atoms with Crippen LogP contribution in [0.3, 0.4) is 0 Å². The smallest absolute Gasteiger partial charge is 0.338 e. The van der Waals surface area contributed by atoms with Gasteiger partial charge in [0.2, 0.25) is 0 Å². The van der Waals surface area contributed by atoms with E-state index in [9.17, 15) is 4.79 Å². The van der Waals surface area contributed by atoms with Crippen LogP contribution >= 0.6 is 0 Å². The number of carbonyl (C=O) groups is 1. The van der Waals surface area contributed by atoms with Gasteiger partial charge < -0.3 is 23.7 Å². The highest BCUT2D eigenvalue weighted by Gasteiger charge is 2.54. The van der Waals surface area contributed by atoms with Gasteiger partial charge in [-0.25, -0.2) is 4.79 Å². The lowest BCUT2D eigenvalue weighted by Crippen LogP contribution is -2.35. The molecular weight excluding hydrogens is 372 g/mol. The molecule has 4 rings (SSSR count). The van der Waals surface area contributed by atoms with Crippen LogP contribution in [0.1, 0.15) is 29.8 Å². The molecule has 2 fully saturated rings. The molecule has 2 aliphatic rings. The van der Waals surface area contributed by atoms with E-state index in [0.717, 1.165) is 5.56 Å². The molecule has 6 heteroatoms. The van der Waals surface area contributed by atoms with Gasteiger partial charge in [0, 0.05) is 5.92 Å². The lowest BCUT2D eigenvalue weighted by Gasteiger charge is -2.25. The predicted molar refractivity (Wildman–Crippen MR) is 105 cm³/mol. The van der Waals surface area contributed by atoms with E-state index >= 15 is 0 Å². The van der Waals surface area contributed by atoms with Crippen molar-refractivity contribution >= 4 is 5.97 Å². The largest absolute Gasteiger partial charge is 0.459 e. The van der Waals surface area contributed by atoms with Crippen LogP contribution in [-0.4, -0.2) is 43.5 Å². The zero-order valence-corrected chi connectivity index (χ0v) is 16.7. The van der Waals surface area contributed by atoms with E-state index in [1.54, 1.807) is 24.3 Å². The molecule has 0 radical (unpaired) electrons. The minimum Gasteiger partial charge on any atom is -0.459 e. The third-order valence-corrected chi connectivity index (χ3v) is 5.11. The Labute approximate surface area is 170 Å². The van der Waals surface area contributed by atoms with Gasteiger partial charge in [-0.2, -0.15) is 0 Å². The van der Waals surface area contributed by atoms with Crippen LogP contribution in [0.25, 0.3) is 0 Å². The highest BCUT2D eigenvalue weighted by molar-refractivity contribution is 5.89. The van der Waals surface area contributed by atoms with Gasteiger partial charge in [0.1, 0.15) is 18.8 Å². The summed E-state index contributed by atoms with van der Waals surface area (Å²) in [5, 5.41) is 0. The van der Waals surface area contributed by atoms with Crippen LogP contribution in [0.2, 0.25) is 0 Å². The maximum atomic E-state index is 12.3. The number of hydrogen-bond donors (Lipinski definition) is 0. The Morgan fingerprint density at radius 2 is 1.66 bits per heavy atom. The molecule has 0 aliphatic carbocycles. The average Bonchev–Trinajstić information content (AvgIpc) is 3.19. The lowest BCUT2D eigenvalue weighted by molar-refractivity contribution is -0.215. The Balaban J connectivity index is 1.37. The van der Waals surface area contributed by atoms with Crippen molar-refractivity contribution in [3.63, 3.8) is 0 Å². The molecule has 4 atom stereocenters. The Morgan fingerprint density at radius 1 is 0.966 bits per heavy atom. The number of fused-ring (bicyclic) bond motifs is 1. The molecule has 0 saturated carbocycles. The second-order valence-corrected chi connectivity index (χ2v) is 7.77. The van der Waals surface area contributed by atoms with Gasteiger partial charge in [0.05, 0.1) is 18.8 Å². The quantitative estimate of drug-likeness (QED) is 0.665. The van der Waals surface area contributed by atoms with Gasteiger partial charge in [0.25, 0.3) is 0 Å². The second kappa shape index (κ2) is 8.63. The van der Waals surface area contributed by atoms with Crippen molar-refractivity contribution in [2.45, 2.75) is 44.7 Å². The highest BCUT2D eigenvalue weighted by atomic mass is 16.8. The fraction of sp³-hybridized carbons (Fsp3) is 0.435. The summed E-state index contributed by atoms with van der Waals surface area (Å²) in [6.45, 7) is 4.76. The molecule has 154 valence electrons. The summed E-state index contributed by atoms with van der Waals surface area (Å²) in [7, 11) is 0. The molecule has 0 bridgehead atoms. The van der Waals surface area contributed by atoms with Crippen LogP contribution < -0.4 is 0 Å². The van der Waals surface area contributed by atoms with E-state index in [-0.39, 0.29) is 30.7 Å². The molecule has 0 unspecified atom stereocenters. The Bertz CT molecular complexity index is 807. The topological polar surface area (TPSA) is 63.2 Å². The van der Waals surface area contributed by atoms with Crippen molar-refractivity contribution in [1.82, 2.24) is 0 Å². The van der Waals surface area contributed by atoms with Gasteiger partial charge in [-0.1, -0.05) is 48.5 Å². The van der Waals surface area contributed by atoms with Crippen LogP contribution in [0, 0.1) is 5.92 Å². The molecular formula is C23H26O6. The number of rotatable bonds is 7. The Morgan fingerprint density at radius 3 is 2.38 bits per heavy atom. The maximum Gasteiger partial charge on any atom is 0.338 e. The van der Waals surface area contributed by atoms with E-state index in [1.807, 2.05) is 50.2 Å². The molecule has 0 aromatic heterocycles. The first-order valence-electron chi connectivity index (χ1n) is 9.87. The van der Waals surface area contributed by atoms with Crippen molar-refractivity contribution < 1.29 is 28.5 Å². The summed E-state index contributed by atoms with van der Waals surface area (Å²) in [6.07, 6.45) is -1.11. The van der Waals surface area contributed by atoms with Crippen LogP contribution in [-0.2, 0) is 30.3 Å². The molecule has 2 saturated heterocycles. The molecule has 0 amide bonds. The van der Waals surface area contributed by atoms with Gasteiger partial charge >= 0.3 is 5.97 Å². The molecule has 2 heterocycles. The first-order valence-corrected chi connectivity index (χ1v) is 9.87. The Kier molecular flexibility index (Phi) is 5.96. The summed E-state index contributed by atoms with van der Waals surface area (Å²) >= 11 is 0. The summed E-state index contributed by atoms with van der Waals surface area (Å²) in [4.78, 5) is 12.3. The molecule has 0 spiro atoms. The number of esters is 1. The number of benzene rings is 2. The SMILES string of the molecule is CC1(C)O[C@H]2O[C@H](COC(=O)c3ccccc3)[C@@H](COCc3ccccc3)[C@H]2O1. The molecule has 0 N–H and O–H groups in total. The zero-order chi connectivity index (χ0) is 20.3. The zero-order valence-electron chi connectivity index (χ0n) is 16.7. The van der Waals surface area contributed by atoms with E-state index in [1.165, 1.54) is 0 Å². The molecule has 29 heavy (non-hydrogen) atoms. The Hall–Kier alpha value is -2.25. The van der Waals surface area contributed by atoms with E-state index in [4.69, 9.17) is 23.7 Å². The number of ether oxygens (including phenoxy) is 5. The van der Waals surface area contributed by atoms with Gasteiger partial charge in [-0.05, 0) is 31.5 Å². The minimum atomic E-state index is -0.710. The van der Waals surface area contributed by atoms with Crippen LogP contribution in [0.4, 0.5) is 0 Å². The molecule has 2 aromatic rings. The first-order chi connectivity index (χ1) is 14.0. The fourth-order valence-electron chi connectivity index (χ4n) is 3.70. The summed E-state index contributed by atoms with van der Waals surface area (Å²) in [6, 6.07) is 18.9. The van der Waals surface area contributed by atoms with Gasteiger partial charge in [0.15, 0.2) is 12.1 Å². The predicted octanol–water partition coefficient (Wildman–Crippen LogP) is 3.55. The van der Waals surface area contributed by atoms with Crippen molar-refractivity contribution in [2.24, 2.45) is 5.92 Å². The third-order valence-electron chi connectivity index (χ3n) is 5.11. The van der Waals surface area contributed by atoms with Crippen molar-refractivity contribution in [1.29, 1.82) is 0 Å². The summed E-state index contributed by atoms with van der Waals surface area (Å²) < 4.78 is 29.3. The standard InChI is InChI=1S/C23H26O6/c1-23(2)28-20-18(14-25-13-16-9-5-3-6-10-16)19(27-22(20)29-23)15-26-21(24)17-11-7-4-8-12-17/h3-12,18-20,22H,13-15H2,1-2H3/t18-,19-,20-,22-/m1/s1. The van der Waals surface area contributed by atoms with E-state index in [2.05, 4.69) is 0 Å². The van der Waals surface area contributed by atoms with E-state index < -0.39 is 12.1 Å². The van der Waals surface area contributed by atoms with E-state index in [0.29, 0.717) is 18.8 Å². The summed E-state index contributed by atoms with van der Waals surface area (Å²) in [5.74, 6) is -1.19. The molecule has 6 nitrogen and oxygen atoms in total. The average molecular weight is 398 g/mol. The third kappa shape index (κ3) is 4.85. The fourth-order valence-corrected chi connectivity index (χ4v) is 3.70. The molecule has 2 aliphatic heterocycles. The lowest BCUT2D eigenvalue weighted by atomic mass is 10.00. The number of carbonyl (C=O) groups excluding carboxylic acids is 1.